The maximum atomic E-state index is 5.32. The Hall–Kier alpha value is -2.54. The molecule has 0 spiro atoms. The molecule has 3 aromatic heterocycles. The molecule has 4 aromatic rings. The molecule has 0 N–H and O–H groups in total. The van der Waals surface area contributed by atoms with Crippen LogP contribution in [0.15, 0.2) is 57.9 Å². The minimum absolute atomic E-state index is 0.485. The van der Waals surface area contributed by atoms with Gasteiger partial charge in [0.15, 0.2) is 5.65 Å². The lowest BCUT2D eigenvalue weighted by molar-refractivity contribution is 0.432. The van der Waals surface area contributed by atoms with Crippen molar-refractivity contribution in [3.05, 3.63) is 53.4 Å². The molecular weight excluding hydrogens is 334 g/mol. The fourth-order valence-corrected chi connectivity index (χ4v) is 2.27. The van der Waals surface area contributed by atoms with Gasteiger partial charge in [0.2, 0.25) is 5.82 Å². The molecule has 0 fully saturated rings. The Morgan fingerprint density at radius 2 is 1.90 bits per heavy atom. The Morgan fingerprint density at radius 3 is 2.76 bits per heavy atom. The zero-order chi connectivity index (χ0) is 14.2. The van der Waals surface area contributed by atoms with Crippen molar-refractivity contribution in [2.45, 2.75) is 0 Å². The maximum Gasteiger partial charge on any atom is 0.258 e. The van der Waals surface area contributed by atoms with Crippen molar-refractivity contribution in [1.29, 1.82) is 0 Å². The Labute approximate surface area is 127 Å². The van der Waals surface area contributed by atoms with Gasteiger partial charge in [-0.05, 0) is 36.4 Å². The van der Waals surface area contributed by atoms with Crippen molar-refractivity contribution < 1.29 is 4.52 Å². The van der Waals surface area contributed by atoms with E-state index in [9.17, 15) is 0 Å². The van der Waals surface area contributed by atoms with Crippen LogP contribution in [0.5, 0.6) is 0 Å². The molecule has 0 aliphatic carbocycles. The smallest absolute Gasteiger partial charge is 0.258 e. The molecule has 0 saturated heterocycles. The molecule has 1 aromatic carbocycles. The van der Waals surface area contributed by atoms with E-state index in [-0.39, 0.29) is 0 Å². The first kappa shape index (κ1) is 12.2. The maximum absolute atomic E-state index is 5.32. The van der Waals surface area contributed by atoms with Crippen molar-refractivity contribution in [3.8, 4) is 22.8 Å². The molecule has 0 aliphatic rings. The molecule has 4 rings (SSSR count). The third-order valence-electron chi connectivity index (χ3n) is 3.08. The van der Waals surface area contributed by atoms with Crippen molar-refractivity contribution in [2.75, 3.05) is 0 Å². The summed E-state index contributed by atoms with van der Waals surface area (Å²) in [5, 5.41) is 11.9. The minimum Gasteiger partial charge on any atom is -0.334 e. The molecule has 3 heterocycles. The van der Waals surface area contributed by atoms with Crippen molar-refractivity contribution >= 4 is 21.6 Å². The second-order valence-corrected chi connectivity index (χ2v) is 5.36. The first-order valence-electron chi connectivity index (χ1n) is 6.19. The van der Waals surface area contributed by atoms with E-state index >= 15 is 0 Å². The summed E-state index contributed by atoms with van der Waals surface area (Å²) in [6.45, 7) is 0. The van der Waals surface area contributed by atoms with E-state index in [1.54, 1.807) is 6.33 Å². The van der Waals surface area contributed by atoms with Gasteiger partial charge < -0.3 is 4.52 Å². The van der Waals surface area contributed by atoms with Gasteiger partial charge in [-0.1, -0.05) is 21.1 Å². The molecule has 21 heavy (non-hydrogen) atoms. The van der Waals surface area contributed by atoms with E-state index < -0.39 is 0 Å². The van der Waals surface area contributed by atoms with E-state index in [1.807, 2.05) is 47.0 Å². The van der Waals surface area contributed by atoms with Crippen LogP contribution in [0, 0.1) is 0 Å². The minimum atomic E-state index is 0.485. The fourth-order valence-electron chi connectivity index (χ4n) is 2.01. The first-order chi connectivity index (χ1) is 10.3. The molecule has 0 amide bonds. The largest absolute Gasteiger partial charge is 0.334 e. The molecule has 0 saturated carbocycles. The average molecular weight is 342 g/mol. The van der Waals surface area contributed by atoms with Crippen molar-refractivity contribution in [1.82, 2.24) is 24.7 Å². The summed E-state index contributed by atoms with van der Waals surface area (Å²) in [6, 6.07) is 11.5. The van der Waals surface area contributed by atoms with Gasteiger partial charge in [0, 0.05) is 21.8 Å². The lowest BCUT2D eigenvalue weighted by atomic mass is 10.2. The first-order valence-corrected chi connectivity index (χ1v) is 6.98. The van der Waals surface area contributed by atoms with Crippen LogP contribution >= 0.6 is 15.9 Å². The van der Waals surface area contributed by atoms with Crippen LogP contribution in [0.4, 0.5) is 0 Å². The average Bonchev–Trinajstić information content (AvgIpc) is 3.16. The molecule has 0 bridgehead atoms. The molecule has 7 heteroatoms. The Balaban J connectivity index is 1.74. The van der Waals surface area contributed by atoms with Gasteiger partial charge in [-0.2, -0.15) is 4.98 Å². The van der Waals surface area contributed by atoms with Crippen LogP contribution < -0.4 is 0 Å². The summed E-state index contributed by atoms with van der Waals surface area (Å²) in [7, 11) is 0. The number of hydrogen-bond donors (Lipinski definition) is 0. The Kier molecular flexibility index (Phi) is 2.78. The topological polar surface area (TPSA) is 69.1 Å². The number of nitrogens with zero attached hydrogens (tertiary/aromatic N) is 5. The Morgan fingerprint density at radius 1 is 1.05 bits per heavy atom. The molecule has 0 unspecified atom stereocenters. The number of rotatable bonds is 2. The van der Waals surface area contributed by atoms with Crippen LogP contribution in [0.25, 0.3) is 28.5 Å². The highest BCUT2D eigenvalue weighted by Crippen LogP contribution is 2.23. The number of benzene rings is 1. The van der Waals surface area contributed by atoms with Crippen LogP contribution in [0.2, 0.25) is 0 Å². The lowest BCUT2D eigenvalue weighted by Crippen LogP contribution is -1.86. The second-order valence-electron chi connectivity index (χ2n) is 4.44. The predicted molar refractivity (Wildman–Crippen MR) is 79.4 cm³/mol. The van der Waals surface area contributed by atoms with Gasteiger partial charge in [0.25, 0.3) is 5.89 Å². The van der Waals surface area contributed by atoms with Crippen molar-refractivity contribution in [3.63, 3.8) is 0 Å². The van der Waals surface area contributed by atoms with E-state index in [2.05, 4.69) is 36.3 Å². The lowest BCUT2D eigenvalue weighted by Gasteiger charge is -1.95. The molecule has 102 valence electrons. The van der Waals surface area contributed by atoms with E-state index in [0.717, 1.165) is 21.2 Å². The van der Waals surface area contributed by atoms with E-state index in [0.29, 0.717) is 11.7 Å². The molecule has 0 radical (unpaired) electrons. The van der Waals surface area contributed by atoms with Crippen LogP contribution in [-0.4, -0.2) is 24.7 Å². The van der Waals surface area contributed by atoms with Crippen LogP contribution in [0.1, 0.15) is 0 Å². The van der Waals surface area contributed by atoms with E-state index in [4.69, 9.17) is 4.52 Å². The number of aromatic nitrogens is 5. The fraction of sp³-hybridized carbons (Fsp3) is 0. The highest BCUT2D eigenvalue weighted by Gasteiger charge is 2.11. The highest BCUT2D eigenvalue weighted by atomic mass is 79.9. The monoisotopic (exact) mass is 341 g/mol. The van der Waals surface area contributed by atoms with Gasteiger partial charge >= 0.3 is 0 Å². The third-order valence-corrected chi connectivity index (χ3v) is 3.60. The van der Waals surface area contributed by atoms with Crippen LogP contribution in [-0.2, 0) is 0 Å². The number of halogens is 1. The summed E-state index contributed by atoms with van der Waals surface area (Å²) in [6.07, 6.45) is 3.50. The SMILES string of the molecule is Brc1ccc(-c2nc(-c3ccn4cnnc4c3)no2)cc1. The normalized spacial score (nSPS) is 11.1. The summed E-state index contributed by atoms with van der Waals surface area (Å²) >= 11 is 3.40. The highest BCUT2D eigenvalue weighted by molar-refractivity contribution is 9.10. The van der Waals surface area contributed by atoms with Crippen molar-refractivity contribution in [2.24, 2.45) is 0 Å². The molecular formula is C14H8BrN5O. The molecule has 6 nitrogen and oxygen atoms in total. The molecule has 0 aliphatic heterocycles. The van der Waals surface area contributed by atoms with E-state index in [1.165, 1.54) is 0 Å². The van der Waals surface area contributed by atoms with Gasteiger partial charge in [-0.25, -0.2) is 0 Å². The van der Waals surface area contributed by atoms with Crippen LogP contribution in [0.3, 0.4) is 0 Å². The summed E-state index contributed by atoms with van der Waals surface area (Å²) in [4.78, 5) is 4.42. The van der Waals surface area contributed by atoms with Gasteiger partial charge in [0.05, 0.1) is 0 Å². The summed E-state index contributed by atoms with van der Waals surface area (Å²) < 4.78 is 8.14. The molecule has 0 atom stereocenters. The zero-order valence-electron chi connectivity index (χ0n) is 10.6. The summed E-state index contributed by atoms with van der Waals surface area (Å²) in [5.41, 5.74) is 2.45. The zero-order valence-corrected chi connectivity index (χ0v) is 12.2. The van der Waals surface area contributed by atoms with Gasteiger partial charge in [0.1, 0.15) is 6.33 Å². The number of pyridine rings is 1. The number of hydrogen-bond acceptors (Lipinski definition) is 5. The summed E-state index contributed by atoms with van der Waals surface area (Å²) in [5.74, 6) is 1.01. The quantitative estimate of drug-likeness (QED) is 0.559. The standard InChI is InChI=1S/C14H8BrN5O/c15-11-3-1-9(2-4-11)14-17-13(19-21-14)10-5-6-20-8-16-18-12(20)7-10/h1-8H. The second kappa shape index (κ2) is 4.78. The van der Waals surface area contributed by atoms with Gasteiger partial charge in [-0.3, -0.25) is 4.40 Å². The third kappa shape index (κ3) is 2.21. The predicted octanol–water partition coefficient (Wildman–Crippen LogP) is 3.21. The Bertz CT molecular complexity index is 912. The van der Waals surface area contributed by atoms with Gasteiger partial charge in [-0.15, -0.1) is 10.2 Å². The number of fused-ring (bicyclic) bond motifs is 1.